The van der Waals surface area contributed by atoms with Crippen molar-refractivity contribution < 1.29 is 23.9 Å². The van der Waals surface area contributed by atoms with Crippen molar-refractivity contribution in [3.8, 4) is 0 Å². The Labute approximate surface area is 147 Å². The molecular weight excluding hydrogens is 322 g/mol. The number of rotatable bonds is 7. The molecule has 6 nitrogen and oxygen atoms in total. The van der Waals surface area contributed by atoms with E-state index in [1.165, 1.54) is 18.1 Å². The van der Waals surface area contributed by atoms with Crippen molar-refractivity contribution in [3.63, 3.8) is 0 Å². The molecule has 0 aromatic heterocycles. The SMILES string of the molecule is CCOC(=O)C(CC1Cc2ccccc2C1)(NC(C)=O)C(=O)OCC. The van der Waals surface area contributed by atoms with Gasteiger partial charge in [0.05, 0.1) is 13.2 Å². The van der Waals surface area contributed by atoms with E-state index in [1.807, 2.05) is 24.3 Å². The lowest BCUT2D eigenvalue weighted by Crippen LogP contribution is -2.62. The van der Waals surface area contributed by atoms with Crippen LogP contribution in [0.15, 0.2) is 24.3 Å². The van der Waals surface area contributed by atoms with Gasteiger partial charge in [0.2, 0.25) is 11.4 Å². The minimum atomic E-state index is -1.80. The minimum absolute atomic E-state index is 0.0399. The van der Waals surface area contributed by atoms with Crippen LogP contribution in [0.3, 0.4) is 0 Å². The maximum Gasteiger partial charge on any atom is 0.343 e. The maximum atomic E-state index is 12.6. The molecule has 1 aromatic carbocycles. The molecule has 2 rings (SSSR count). The van der Waals surface area contributed by atoms with Crippen LogP contribution < -0.4 is 5.32 Å². The predicted molar refractivity (Wildman–Crippen MR) is 91.8 cm³/mol. The summed E-state index contributed by atoms with van der Waals surface area (Å²) in [7, 11) is 0. The Morgan fingerprint density at radius 2 is 1.52 bits per heavy atom. The molecule has 1 N–H and O–H groups in total. The summed E-state index contributed by atoms with van der Waals surface area (Å²) in [6.07, 6.45) is 1.64. The van der Waals surface area contributed by atoms with Gasteiger partial charge in [0.1, 0.15) is 0 Å². The van der Waals surface area contributed by atoms with Gasteiger partial charge in [0.15, 0.2) is 0 Å². The number of nitrogens with one attached hydrogen (secondary N) is 1. The first-order valence-electron chi connectivity index (χ1n) is 8.62. The lowest BCUT2D eigenvalue weighted by molar-refractivity contribution is -0.169. The predicted octanol–water partition coefficient (Wildman–Crippen LogP) is 1.79. The lowest BCUT2D eigenvalue weighted by atomic mass is 9.85. The second-order valence-electron chi connectivity index (χ2n) is 6.27. The molecule has 0 unspecified atom stereocenters. The molecule has 1 aliphatic rings. The highest BCUT2D eigenvalue weighted by atomic mass is 16.6. The van der Waals surface area contributed by atoms with Gasteiger partial charge in [0, 0.05) is 6.92 Å². The highest BCUT2D eigenvalue weighted by Gasteiger charge is 2.51. The fourth-order valence-electron chi connectivity index (χ4n) is 3.44. The van der Waals surface area contributed by atoms with E-state index in [1.54, 1.807) is 13.8 Å². The van der Waals surface area contributed by atoms with Gasteiger partial charge in [-0.15, -0.1) is 0 Å². The smallest absolute Gasteiger partial charge is 0.343 e. The maximum absolute atomic E-state index is 12.6. The van der Waals surface area contributed by atoms with Gasteiger partial charge in [-0.25, -0.2) is 9.59 Å². The second kappa shape index (κ2) is 8.14. The standard InChI is InChI=1S/C19H25NO5/c1-4-24-17(22)19(20-13(3)21,18(23)25-5-2)12-14-10-15-8-6-7-9-16(15)11-14/h6-9,14H,4-5,10-12H2,1-3H3,(H,20,21). The van der Waals surface area contributed by atoms with Crippen molar-refractivity contribution in [2.75, 3.05) is 13.2 Å². The van der Waals surface area contributed by atoms with E-state index in [0.717, 1.165) is 12.8 Å². The normalized spacial score (nSPS) is 13.9. The number of ether oxygens (including phenoxy) is 2. The molecule has 0 atom stereocenters. The zero-order chi connectivity index (χ0) is 18.4. The molecule has 0 heterocycles. The van der Waals surface area contributed by atoms with Gasteiger partial charge in [-0.2, -0.15) is 0 Å². The van der Waals surface area contributed by atoms with Gasteiger partial charge < -0.3 is 14.8 Å². The first-order valence-corrected chi connectivity index (χ1v) is 8.62. The third kappa shape index (κ3) is 4.18. The van der Waals surface area contributed by atoms with Gasteiger partial charge in [-0.3, -0.25) is 4.79 Å². The van der Waals surface area contributed by atoms with Crippen LogP contribution in [0.1, 0.15) is 38.3 Å². The average molecular weight is 347 g/mol. The molecule has 0 spiro atoms. The summed E-state index contributed by atoms with van der Waals surface area (Å²) in [6, 6.07) is 8.03. The molecule has 0 saturated heterocycles. The van der Waals surface area contributed by atoms with Gasteiger partial charge in [-0.1, -0.05) is 24.3 Å². The summed E-state index contributed by atoms with van der Waals surface area (Å²) in [5.41, 5.74) is 0.610. The number of hydrogen-bond donors (Lipinski definition) is 1. The Morgan fingerprint density at radius 3 is 1.92 bits per heavy atom. The first kappa shape index (κ1) is 19.0. The molecule has 0 aliphatic heterocycles. The number of amides is 1. The van der Waals surface area contributed by atoms with Crippen LogP contribution in [0.4, 0.5) is 0 Å². The number of fused-ring (bicyclic) bond motifs is 1. The Hall–Kier alpha value is -2.37. The quantitative estimate of drug-likeness (QED) is 0.601. The molecule has 1 amide bonds. The van der Waals surface area contributed by atoms with Crippen LogP contribution >= 0.6 is 0 Å². The highest BCUT2D eigenvalue weighted by molar-refractivity contribution is 6.07. The molecule has 0 radical (unpaired) electrons. The molecule has 136 valence electrons. The van der Waals surface area contributed by atoms with Crippen LogP contribution in [0.5, 0.6) is 0 Å². The summed E-state index contributed by atoms with van der Waals surface area (Å²) in [6.45, 7) is 4.82. The van der Waals surface area contributed by atoms with Crippen LogP contribution in [-0.2, 0) is 36.7 Å². The number of benzene rings is 1. The molecule has 0 saturated carbocycles. The Morgan fingerprint density at radius 1 is 1.04 bits per heavy atom. The van der Waals surface area contributed by atoms with Gasteiger partial charge >= 0.3 is 11.9 Å². The van der Waals surface area contributed by atoms with Crippen molar-refractivity contribution in [1.29, 1.82) is 0 Å². The van der Waals surface area contributed by atoms with Crippen molar-refractivity contribution in [2.24, 2.45) is 5.92 Å². The third-order valence-electron chi connectivity index (χ3n) is 4.37. The van der Waals surface area contributed by atoms with E-state index in [4.69, 9.17) is 9.47 Å². The summed E-state index contributed by atoms with van der Waals surface area (Å²) in [5.74, 6) is -1.96. The van der Waals surface area contributed by atoms with Gasteiger partial charge in [0.25, 0.3) is 0 Å². The molecule has 1 aliphatic carbocycles. The van der Waals surface area contributed by atoms with E-state index in [0.29, 0.717) is 0 Å². The van der Waals surface area contributed by atoms with Crippen molar-refractivity contribution >= 4 is 17.8 Å². The molecule has 0 fully saturated rings. The van der Waals surface area contributed by atoms with E-state index < -0.39 is 23.4 Å². The third-order valence-corrected chi connectivity index (χ3v) is 4.37. The fourth-order valence-corrected chi connectivity index (χ4v) is 3.44. The fraction of sp³-hybridized carbons (Fsp3) is 0.526. The highest BCUT2D eigenvalue weighted by Crippen LogP contribution is 2.33. The molecule has 1 aromatic rings. The van der Waals surface area contributed by atoms with Crippen LogP contribution in [0.2, 0.25) is 0 Å². The molecule has 25 heavy (non-hydrogen) atoms. The minimum Gasteiger partial charge on any atom is -0.464 e. The van der Waals surface area contributed by atoms with Crippen molar-refractivity contribution in [3.05, 3.63) is 35.4 Å². The zero-order valence-corrected chi connectivity index (χ0v) is 15.0. The van der Waals surface area contributed by atoms with Crippen LogP contribution in [0.25, 0.3) is 0 Å². The van der Waals surface area contributed by atoms with Crippen LogP contribution in [0, 0.1) is 5.92 Å². The Bertz CT molecular complexity index is 612. The number of carbonyl (C=O) groups excluding carboxylic acids is 3. The second-order valence-corrected chi connectivity index (χ2v) is 6.27. The topological polar surface area (TPSA) is 81.7 Å². The van der Waals surface area contributed by atoms with Crippen LogP contribution in [-0.4, -0.2) is 36.6 Å². The molecular formula is C19H25NO5. The zero-order valence-electron chi connectivity index (χ0n) is 15.0. The monoisotopic (exact) mass is 347 g/mol. The first-order chi connectivity index (χ1) is 11.9. The summed E-state index contributed by atoms with van der Waals surface area (Å²) >= 11 is 0. The van der Waals surface area contributed by atoms with Crippen molar-refractivity contribution in [1.82, 2.24) is 5.32 Å². The number of hydrogen-bond acceptors (Lipinski definition) is 5. The van der Waals surface area contributed by atoms with E-state index in [-0.39, 0.29) is 25.6 Å². The average Bonchev–Trinajstić information content (AvgIpc) is 2.96. The van der Waals surface area contributed by atoms with E-state index >= 15 is 0 Å². The lowest BCUT2D eigenvalue weighted by Gasteiger charge is -2.31. The largest absolute Gasteiger partial charge is 0.464 e. The molecule has 0 bridgehead atoms. The Balaban J connectivity index is 2.31. The molecule has 6 heteroatoms. The van der Waals surface area contributed by atoms with E-state index in [2.05, 4.69) is 5.32 Å². The summed E-state index contributed by atoms with van der Waals surface area (Å²) in [5, 5.41) is 2.53. The van der Waals surface area contributed by atoms with E-state index in [9.17, 15) is 14.4 Å². The van der Waals surface area contributed by atoms with Gasteiger partial charge in [-0.05, 0) is 50.2 Å². The summed E-state index contributed by atoms with van der Waals surface area (Å²) < 4.78 is 10.2. The number of carbonyl (C=O) groups is 3. The van der Waals surface area contributed by atoms with Crippen molar-refractivity contribution in [2.45, 2.75) is 45.6 Å². The summed E-state index contributed by atoms with van der Waals surface area (Å²) in [4.78, 5) is 37.0. The Kier molecular flexibility index (Phi) is 6.17. The number of esters is 2.